The van der Waals surface area contributed by atoms with Crippen molar-refractivity contribution in [3.05, 3.63) is 58.3 Å². The molecule has 3 unspecified atom stereocenters. The fraction of sp³-hybridized carbons (Fsp3) is 0.452. The summed E-state index contributed by atoms with van der Waals surface area (Å²) in [4.78, 5) is 54.3. The van der Waals surface area contributed by atoms with E-state index in [-0.39, 0.29) is 44.1 Å². The molecule has 0 bridgehead atoms. The molecule has 2 aliphatic rings. The van der Waals surface area contributed by atoms with Gasteiger partial charge in [0.25, 0.3) is 0 Å². The van der Waals surface area contributed by atoms with Gasteiger partial charge in [-0.15, -0.1) is 11.3 Å². The zero-order valence-electron chi connectivity index (χ0n) is 24.0. The van der Waals surface area contributed by atoms with Crippen LogP contribution in [0.2, 0.25) is 0 Å². The molecule has 0 saturated heterocycles. The molecule has 1 aromatic rings. The molecule has 226 valence electrons. The first-order chi connectivity index (χ1) is 20.2. The van der Waals surface area contributed by atoms with Gasteiger partial charge in [0.2, 0.25) is 17.7 Å². The number of hydrogen-bond donors (Lipinski definition) is 5. The standard InChI is InChI=1S/C31H41N5O5S/c1-2-34-24(18-32)17-26(31(41)36-25(30(33)40)13-15-29(38)39)35-28(37)14-10-20-8-11-22(12-9-20)27-16-23(19-42-27)21-6-4-3-5-7-21/h3-4,6,8,11-12,16,19-20,25-26H,2,5,7,9-10,13-15,17-18,32H2,1H3,(H2,33,40)(H,35,37)(H,36,41)(H,38,39). The number of nitrogens with one attached hydrogen (secondary N) is 2. The summed E-state index contributed by atoms with van der Waals surface area (Å²) in [6, 6.07) is 0.0304. The minimum absolute atomic E-state index is 0.0672. The average molecular weight is 596 g/mol. The number of carbonyl (C=O) groups is 4. The van der Waals surface area contributed by atoms with Crippen LogP contribution in [0.25, 0.3) is 11.1 Å². The predicted octanol–water partition coefficient (Wildman–Crippen LogP) is 3.35. The summed E-state index contributed by atoms with van der Waals surface area (Å²) in [6.07, 6.45) is 16.2. The second-order valence-corrected chi connectivity index (χ2v) is 11.3. The van der Waals surface area contributed by atoms with Gasteiger partial charge in [0, 0.05) is 42.9 Å². The molecule has 0 radical (unpaired) electrons. The molecule has 7 N–H and O–H groups in total. The number of carboxylic acid groups (broad SMARTS) is 1. The van der Waals surface area contributed by atoms with Crippen LogP contribution in [0.4, 0.5) is 0 Å². The Kier molecular flexibility index (Phi) is 12.9. The molecule has 0 aliphatic heterocycles. The van der Waals surface area contributed by atoms with Crippen LogP contribution >= 0.6 is 11.3 Å². The number of carboxylic acids is 1. The minimum Gasteiger partial charge on any atom is -0.481 e. The van der Waals surface area contributed by atoms with Crippen molar-refractivity contribution in [1.29, 1.82) is 0 Å². The lowest BCUT2D eigenvalue weighted by molar-refractivity contribution is -0.137. The molecule has 3 rings (SSSR count). The van der Waals surface area contributed by atoms with Crippen molar-refractivity contribution in [2.24, 2.45) is 22.4 Å². The number of hydrogen-bond acceptors (Lipinski definition) is 7. The van der Waals surface area contributed by atoms with Crippen LogP contribution in [-0.4, -0.2) is 59.7 Å². The molecular weight excluding hydrogens is 554 g/mol. The highest BCUT2D eigenvalue weighted by Crippen LogP contribution is 2.34. The maximum Gasteiger partial charge on any atom is 0.303 e. The van der Waals surface area contributed by atoms with Crippen LogP contribution in [0.15, 0.2) is 52.9 Å². The molecule has 3 amide bonds. The molecule has 42 heavy (non-hydrogen) atoms. The Morgan fingerprint density at radius 1 is 1.19 bits per heavy atom. The topological polar surface area (TPSA) is 177 Å². The monoisotopic (exact) mass is 595 g/mol. The fourth-order valence-electron chi connectivity index (χ4n) is 4.85. The Hall–Kier alpha value is -3.83. The number of aliphatic carboxylic acids is 1. The van der Waals surface area contributed by atoms with E-state index in [1.165, 1.54) is 21.6 Å². The Bertz CT molecular complexity index is 1290. The number of thiophene rings is 1. The van der Waals surface area contributed by atoms with Crippen molar-refractivity contribution >= 4 is 51.9 Å². The molecule has 1 aromatic heterocycles. The van der Waals surface area contributed by atoms with Gasteiger partial charge in [0.1, 0.15) is 12.1 Å². The number of allylic oxidation sites excluding steroid dienone is 8. The van der Waals surface area contributed by atoms with E-state index in [1.54, 1.807) is 11.3 Å². The quantitative estimate of drug-likeness (QED) is 0.183. The number of carbonyl (C=O) groups excluding carboxylic acids is 3. The first kappa shape index (κ1) is 32.7. The van der Waals surface area contributed by atoms with E-state index in [0.717, 1.165) is 19.3 Å². The van der Waals surface area contributed by atoms with Gasteiger partial charge in [0.05, 0.1) is 0 Å². The van der Waals surface area contributed by atoms with Crippen molar-refractivity contribution in [1.82, 2.24) is 10.6 Å². The van der Waals surface area contributed by atoms with Gasteiger partial charge in [-0.05, 0) is 73.1 Å². The molecular formula is C31H41N5O5S. The third kappa shape index (κ3) is 10.2. The molecule has 10 nitrogen and oxygen atoms in total. The van der Waals surface area contributed by atoms with Gasteiger partial charge in [0.15, 0.2) is 0 Å². The van der Waals surface area contributed by atoms with Crippen LogP contribution in [0.3, 0.4) is 0 Å². The minimum atomic E-state index is -1.18. The fourth-order valence-corrected chi connectivity index (χ4v) is 5.81. The third-order valence-corrected chi connectivity index (χ3v) is 8.19. The molecule has 0 fully saturated rings. The molecule has 3 atom stereocenters. The Morgan fingerprint density at radius 2 is 2.00 bits per heavy atom. The van der Waals surface area contributed by atoms with E-state index in [9.17, 15) is 19.2 Å². The maximum absolute atomic E-state index is 13.1. The molecule has 0 saturated carbocycles. The number of rotatable bonds is 16. The number of nitrogens with two attached hydrogens (primary N) is 2. The zero-order chi connectivity index (χ0) is 30.5. The summed E-state index contributed by atoms with van der Waals surface area (Å²) in [5, 5.41) is 16.4. The van der Waals surface area contributed by atoms with Crippen molar-refractivity contribution in [3.63, 3.8) is 0 Å². The summed E-state index contributed by atoms with van der Waals surface area (Å²) in [5.41, 5.74) is 15.5. The number of primary amides is 1. The van der Waals surface area contributed by atoms with E-state index in [0.29, 0.717) is 18.7 Å². The normalized spacial score (nSPS) is 18.0. The van der Waals surface area contributed by atoms with E-state index >= 15 is 0 Å². The lowest BCUT2D eigenvalue weighted by Gasteiger charge is -2.23. The second-order valence-electron chi connectivity index (χ2n) is 10.4. The Balaban J connectivity index is 1.56. The van der Waals surface area contributed by atoms with Gasteiger partial charge >= 0.3 is 5.97 Å². The molecule has 1 heterocycles. The smallest absolute Gasteiger partial charge is 0.303 e. The molecule has 0 spiro atoms. The number of nitrogens with zero attached hydrogens (tertiary/aromatic N) is 1. The van der Waals surface area contributed by atoms with Crippen molar-refractivity contribution < 1.29 is 24.3 Å². The highest BCUT2D eigenvalue weighted by atomic mass is 32.1. The van der Waals surface area contributed by atoms with Gasteiger partial charge in [-0.25, -0.2) is 0 Å². The molecule has 2 aliphatic carbocycles. The predicted molar refractivity (Wildman–Crippen MR) is 167 cm³/mol. The summed E-state index contributed by atoms with van der Waals surface area (Å²) >= 11 is 1.74. The lowest BCUT2D eigenvalue weighted by Crippen LogP contribution is -2.53. The summed E-state index contributed by atoms with van der Waals surface area (Å²) in [6.45, 7) is 2.40. The van der Waals surface area contributed by atoms with Crippen LogP contribution < -0.4 is 22.1 Å². The zero-order valence-corrected chi connectivity index (χ0v) is 24.8. The van der Waals surface area contributed by atoms with Gasteiger partial charge in [-0.1, -0.05) is 36.5 Å². The third-order valence-electron chi connectivity index (χ3n) is 7.21. The van der Waals surface area contributed by atoms with Gasteiger partial charge in [-0.2, -0.15) is 0 Å². The van der Waals surface area contributed by atoms with Crippen LogP contribution in [0, 0.1) is 5.92 Å². The van der Waals surface area contributed by atoms with E-state index < -0.39 is 29.9 Å². The Labute approximate surface area is 250 Å². The van der Waals surface area contributed by atoms with Gasteiger partial charge < -0.3 is 27.2 Å². The SMILES string of the molecule is CCN=C(CN)CC(NC(=O)CCC1C=CC(c2cc(C3=CC=CCC3)cs2)=CC1)C(=O)NC(CCC(=O)O)C(N)=O. The number of aliphatic imine (C=N–C) groups is 1. The highest BCUT2D eigenvalue weighted by molar-refractivity contribution is 7.11. The van der Waals surface area contributed by atoms with Crippen molar-refractivity contribution in [2.75, 3.05) is 13.1 Å². The highest BCUT2D eigenvalue weighted by Gasteiger charge is 2.27. The largest absolute Gasteiger partial charge is 0.481 e. The Morgan fingerprint density at radius 3 is 2.62 bits per heavy atom. The molecule has 0 aromatic carbocycles. The van der Waals surface area contributed by atoms with Crippen molar-refractivity contribution in [3.8, 4) is 0 Å². The first-order valence-electron chi connectivity index (χ1n) is 14.4. The summed E-state index contributed by atoms with van der Waals surface area (Å²) in [7, 11) is 0. The van der Waals surface area contributed by atoms with E-state index in [4.69, 9.17) is 16.6 Å². The van der Waals surface area contributed by atoms with E-state index in [2.05, 4.69) is 63.5 Å². The van der Waals surface area contributed by atoms with Crippen LogP contribution in [0.1, 0.15) is 68.7 Å². The summed E-state index contributed by atoms with van der Waals surface area (Å²) in [5.74, 6) is -2.74. The first-order valence-corrected chi connectivity index (χ1v) is 15.2. The van der Waals surface area contributed by atoms with Crippen LogP contribution in [-0.2, 0) is 19.2 Å². The van der Waals surface area contributed by atoms with Crippen molar-refractivity contribution in [2.45, 2.75) is 70.4 Å². The van der Waals surface area contributed by atoms with E-state index in [1.807, 2.05) is 6.92 Å². The maximum atomic E-state index is 13.1. The lowest BCUT2D eigenvalue weighted by atomic mass is 9.91. The van der Waals surface area contributed by atoms with Crippen LogP contribution in [0.5, 0.6) is 0 Å². The number of amides is 3. The van der Waals surface area contributed by atoms with Gasteiger partial charge in [-0.3, -0.25) is 24.2 Å². The average Bonchev–Trinajstić information content (AvgIpc) is 3.48. The second kappa shape index (κ2) is 16.6. The summed E-state index contributed by atoms with van der Waals surface area (Å²) < 4.78 is 0. The molecule has 11 heteroatoms.